The topological polar surface area (TPSA) is 38.0 Å². The standard InChI is InChI=1S/C16H19FN2/c1-12-5-7-13(8-6-12)9-10-16(19-18)14-3-2-4-15(17)11-14/h2-8,11,16,19H,9-10,18H2,1H3. The highest BCUT2D eigenvalue weighted by Gasteiger charge is 2.10. The molecule has 1 unspecified atom stereocenters. The van der Waals surface area contributed by atoms with Crippen molar-refractivity contribution >= 4 is 0 Å². The Labute approximate surface area is 113 Å². The summed E-state index contributed by atoms with van der Waals surface area (Å²) in [6.07, 6.45) is 1.74. The molecule has 0 amide bonds. The first-order valence-electron chi connectivity index (χ1n) is 6.46. The highest BCUT2D eigenvalue weighted by molar-refractivity contribution is 5.23. The van der Waals surface area contributed by atoms with Crippen LogP contribution in [-0.4, -0.2) is 0 Å². The number of hydrazine groups is 1. The van der Waals surface area contributed by atoms with E-state index in [1.54, 1.807) is 6.07 Å². The number of nitrogens with one attached hydrogen (secondary N) is 1. The average Bonchev–Trinajstić information content (AvgIpc) is 2.42. The normalized spacial score (nSPS) is 12.4. The number of rotatable bonds is 5. The molecule has 0 saturated carbocycles. The number of aryl methyl sites for hydroxylation is 2. The van der Waals surface area contributed by atoms with E-state index in [-0.39, 0.29) is 11.9 Å². The first kappa shape index (κ1) is 13.7. The Morgan fingerprint density at radius 2 is 1.89 bits per heavy atom. The second kappa shape index (κ2) is 6.45. The van der Waals surface area contributed by atoms with Crippen LogP contribution >= 0.6 is 0 Å². The van der Waals surface area contributed by atoms with Crippen LogP contribution in [0.1, 0.15) is 29.2 Å². The van der Waals surface area contributed by atoms with Crippen LogP contribution < -0.4 is 11.3 Å². The van der Waals surface area contributed by atoms with Crippen LogP contribution in [0.4, 0.5) is 4.39 Å². The summed E-state index contributed by atoms with van der Waals surface area (Å²) in [6, 6.07) is 15.0. The molecule has 0 aromatic heterocycles. The molecule has 0 radical (unpaired) electrons. The zero-order valence-electron chi connectivity index (χ0n) is 11.1. The quantitative estimate of drug-likeness (QED) is 0.638. The maximum Gasteiger partial charge on any atom is 0.123 e. The minimum atomic E-state index is -0.229. The number of hydrogen-bond donors (Lipinski definition) is 2. The predicted molar refractivity (Wildman–Crippen MR) is 76.0 cm³/mol. The monoisotopic (exact) mass is 258 g/mol. The van der Waals surface area contributed by atoms with E-state index in [1.165, 1.54) is 23.3 Å². The van der Waals surface area contributed by atoms with Gasteiger partial charge in [0.1, 0.15) is 5.82 Å². The Kier molecular flexibility index (Phi) is 4.66. The van der Waals surface area contributed by atoms with Crippen LogP contribution in [0.5, 0.6) is 0 Å². The van der Waals surface area contributed by atoms with Crippen molar-refractivity contribution < 1.29 is 4.39 Å². The molecule has 0 bridgehead atoms. The Hall–Kier alpha value is -1.71. The van der Waals surface area contributed by atoms with Crippen molar-refractivity contribution in [3.63, 3.8) is 0 Å². The molecule has 0 saturated heterocycles. The Morgan fingerprint density at radius 3 is 2.53 bits per heavy atom. The lowest BCUT2D eigenvalue weighted by molar-refractivity contribution is 0.512. The lowest BCUT2D eigenvalue weighted by Crippen LogP contribution is -2.28. The van der Waals surface area contributed by atoms with E-state index in [4.69, 9.17) is 5.84 Å². The molecule has 2 aromatic carbocycles. The fourth-order valence-corrected chi connectivity index (χ4v) is 2.14. The molecule has 0 aliphatic carbocycles. The molecule has 19 heavy (non-hydrogen) atoms. The summed E-state index contributed by atoms with van der Waals surface area (Å²) in [7, 11) is 0. The van der Waals surface area contributed by atoms with Gasteiger partial charge in [-0.05, 0) is 43.0 Å². The van der Waals surface area contributed by atoms with Crippen LogP contribution in [0.25, 0.3) is 0 Å². The molecule has 0 heterocycles. The Bertz CT molecular complexity index is 523. The molecule has 1 atom stereocenters. The van der Waals surface area contributed by atoms with E-state index < -0.39 is 0 Å². The van der Waals surface area contributed by atoms with Gasteiger partial charge in [-0.15, -0.1) is 0 Å². The molecule has 2 nitrogen and oxygen atoms in total. The summed E-state index contributed by atoms with van der Waals surface area (Å²) in [5, 5.41) is 0. The number of hydrogen-bond acceptors (Lipinski definition) is 2. The molecule has 2 aromatic rings. The zero-order valence-corrected chi connectivity index (χ0v) is 11.1. The van der Waals surface area contributed by atoms with Gasteiger partial charge in [-0.25, -0.2) is 4.39 Å². The van der Waals surface area contributed by atoms with Crippen LogP contribution in [0.2, 0.25) is 0 Å². The third kappa shape index (κ3) is 3.88. The fourth-order valence-electron chi connectivity index (χ4n) is 2.14. The van der Waals surface area contributed by atoms with Crippen molar-refractivity contribution in [2.45, 2.75) is 25.8 Å². The van der Waals surface area contributed by atoms with Crippen LogP contribution in [0, 0.1) is 12.7 Å². The largest absolute Gasteiger partial charge is 0.271 e. The summed E-state index contributed by atoms with van der Waals surface area (Å²) >= 11 is 0. The number of nitrogens with two attached hydrogens (primary N) is 1. The second-order valence-electron chi connectivity index (χ2n) is 4.80. The van der Waals surface area contributed by atoms with Crippen molar-refractivity contribution in [2.75, 3.05) is 0 Å². The van der Waals surface area contributed by atoms with Gasteiger partial charge in [-0.3, -0.25) is 11.3 Å². The smallest absolute Gasteiger partial charge is 0.123 e. The van der Waals surface area contributed by atoms with E-state index in [0.717, 1.165) is 18.4 Å². The summed E-state index contributed by atoms with van der Waals surface area (Å²) in [4.78, 5) is 0. The maximum atomic E-state index is 13.2. The van der Waals surface area contributed by atoms with Gasteiger partial charge >= 0.3 is 0 Å². The molecular formula is C16H19FN2. The van der Waals surface area contributed by atoms with Gasteiger partial charge in [0.2, 0.25) is 0 Å². The van der Waals surface area contributed by atoms with Crippen LogP contribution in [-0.2, 0) is 6.42 Å². The summed E-state index contributed by atoms with van der Waals surface area (Å²) < 4.78 is 13.2. The third-order valence-electron chi connectivity index (χ3n) is 3.29. The molecule has 2 rings (SSSR count). The number of halogens is 1. The van der Waals surface area contributed by atoms with Gasteiger partial charge in [0, 0.05) is 6.04 Å². The van der Waals surface area contributed by atoms with Gasteiger partial charge in [-0.1, -0.05) is 42.0 Å². The molecule has 0 aliphatic rings. The van der Waals surface area contributed by atoms with Crippen molar-refractivity contribution in [1.82, 2.24) is 5.43 Å². The van der Waals surface area contributed by atoms with Crippen LogP contribution in [0.3, 0.4) is 0 Å². The van der Waals surface area contributed by atoms with Crippen molar-refractivity contribution in [1.29, 1.82) is 0 Å². The van der Waals surface area contributed by atoms with Gasteiger partial charge in [0.15, 0.2) is 0 Å². The zero-order chi connectivity index (χ0) is 13.7. The van der Waals surface area contributed by atoms with E-state index in [0.29, 0.717) is 0 Å². The van der Waals surface area contributed by atoms with E-state index in [9.17, 15) is 4.39 Å². The molecule has 3 N–H and O–H groups in total. The Morgan fingerprint density at radius 1 is 1.16 bits per heavy atom. The van der Waals surface area contributed by atoms with Crippen molar-refractivity contribution in [3.8, 4) is 0 Å². The van der Waals surface area contributed by atoms with E-state index >= 15 is 0 Å². The molecule has 0 aliphatic heterocycles. The molecule has 0 fully saturated rings. The molecule has 3 heteroatoms. The third-order valence-corrected chi connectivity index (χ3v) is 3.29. The van der Waals surface area contributed by atoms with Crippen molar-refractivity contribution in [3.05, 3.63) is 71.0 Å². The molecule has 0 spiro atoms. The first-order valence-corrected chi connectivity index (χ1v) is 6.46. The summed E-state index contributed by atoms with van der Waals surface area (Å²) in [6.45, 7) is 2.07. The lowest BCUT2D eigenvalue weighted by Gasteiger charge is -2.16. The first-order chi connectivity index (χ1) is 9.19. The highest BCUT2D eigenvalue weighted by atomic mass is 19.1. The van der Waals surface area contributed by atoms with Gasteiger partial charge < -0.3 is 0 Å². The minimum absolute atomic E-state index is 0.0306. The predicted octanol–water partition coefficient (Wildman–Crippen LogP) is 3.27. The fraction of sp³-hybridized carbons (Fsp3) is 0.250. The van der Waals surface area contributed by atoms with Crippen molar-refractivity contribution in [2.24, 2.45) is 5.84 Å². The van der Waals surface area contributed by atoms with E-state index in [1.807, 2.05) is 6.07 Å². The van der Waals surface area contributed by atoms with E-state index in [2.05, 4.69) is 36.6 Å². The average molecular weight is 258 g/mol. The highest BCUT2D eigenvalue weighted by Crippen LogP contribution is 2.19. The van der Waals surface area contributed by atoms with Crippen LogP contribution in [0.15, 0.2) is 48.5 Å². The molecular weight excluding hydrogens is 239 g/mol. The maximum absolute atomic E-state index is 13.2. The second-order valence-corrected chi connectivity index (χ2v) is 4.80. The SMILES string of the molecule is Cc1ccc(CCC(NN)c2cccc(F)c2)cc1. The summed E-state index contributed by atoms with van der Waals surface area (Å²) in [5.74, 6) is 5.34. The summed E-state index contributed by atoms with van der Waals surface area (Å²) in [5.41, 5.74) is 6.16. The van der Waals surface area contributed by atoms with Gasteiger partial charge in [0.05, 0.1) is 0 Å². The van der Waals surface area contributed by atoms with Gasteiger partial charge in [0.25, 0.3) is 0 Å². The van der Waals surface area contributed by atoms with Gasteiger partial charge in [-0.2, -0.15) is 0 Å². The lowest BCUT2D eigenvalue weighted by atomic mass is 9.99. The Balaban J connectivity index is 2.01. The number of benzene rings is 2. The molecule has 100 valence electrons. The minimum Gasteiger partial charge on any atom is -0.271 e.